The van der Waals surface area contributed by atoms with Gasteiger partial charge in [0.25, 0.3) is 5.91 Å². The fourth-order valence-electron chi connectivity index (χ4n) is 6.19. The number of hydrogen-bond donors (Lipinski definition) is 2. The molecule has 2 aliphatic heterocycles. The lowest BCUT2D eigenvalue weighted by Gasteiger charge is -2.35. The van der Waals surface area contributed by atoms with Crippen LogP contribution in [0.2, 0.25) is 0 Å². The summed E-state index contributed by atoms with van der Waals surface area (Å²) in [5.74, 6) is 0.451. The van der Waals surface area contributed by atoms with Crippen LogP contribution in [0.15, 0.2) is 18.2 Å². The van der Waals surface area contributed by atoms with Crippen molar-refractivity contribution in [1.29, 1.82) is 0 Å². The number of sulfonamides is 1. The number of aryl methyl sites for hydroxylation is 2. The van der Waals surface area contributed by atoms with Gasteiger partial charge in [-0.25, -0.2) is 13.1 Å². The summed E-state index contributed by atoms with van der Waals surface area (Å²) in [6.07, 6.45) is 1.26. The van der Waals surface area contributed by atoms with Crippen LogP contribution in [0.5, 0.6) is 5.75 Å². The van der Waals surface area contributed by atoms with Gasteiger partial charge in [-0.2, -0.15) is 18.3 Å². The molecule has 1 atom stereocenters. The van der Waals surface area contributed by atoms with E-state index in [1.807, 2.05) is 0 Å². The maximum atomic E-state index is 13.6. The molecular formula is C27H33F3N4O5S. The molecule has 2 fully saturated rings. The molecule has 3 heterocycles. The number of ether oxygens (including phenoxy) is 2. The number of benzene rings is 1. The minimum atomic E-state index is -4.43. The lowest BCUT2D eigenvalue weighted by atomic mass is 9.82. The van der Waals surface area contributed by atoms with Crippen LogP contribution < -0.4 is 14.8 Å². The molecule has 4 aliphatic rings. The lowest BCUT2D eigenvalue weighted by molar-refractivity contribution is -0.153. The van der Waals surface area contributed by atoms with Gasteiger partial charge in [0.05, 0.1) is 34.3 Å². The van der Waals surface area contributed by atoms with Gasteiger partial charge in [-0.1, -0.05) is 18.9 Å². The molecule has 2 N–H and O–H groups in total. The maximum Gasteiger partial charge on any atom is 0.422 e. The van der Waals surface area contributed by atoms with Crippen LogP contribution in [-0.4, -0.2) is 55.4 Å². The van der Waals surface area contributed by atoms with E-state index in [2.05, 4.69) is 10.0 Å². The third kappa shape index (κ3) is 5.60. The number of nitrogens with zero attached hydrogens (tertiary/aromatic N) is 2. The molecule has 1 saturated carbocycles. The van der Waals surface area contributed by atoms with E-state index in [1.54, 1.807) is 16.8 Å². The minimum absolute atomic E-state index is 0.0242. The average Bonchev–Trinajstić information content (AvgIpc) is 3.60. The summed E-state index contributed by atoms with van der Waals surface area (Å²) in [4.78, 5) is 13.6. The molecule has 1 saturated heterocycles. The van der Waals surface area contributed by atoms with Crippen LogP contribution in [0.3, 0.4) is 0 Å². The number of alkyl halides is 3. The van der Waals surface area contributed by atoms with E-state index in [1.165, 1.54) is 18.9 Å². The van der Waals surface area contributed by atoms with Gasteiger partial charge in [0.2, 0.25) is 10.0 Å². The second kappa shape index (κ2) is 10.3. The first kappa shape index (κ1) is 27.5. The van der Waals surface area contributed by atoms with Gasteiger partial charge in [0.15, 0.2) is 6.61 Å². The highest BCUT2D eigenvalue weighted by atomic mass is 32.2. The lowest BCUT2D eigenvalue weighted by Crippen LogP contribution is -2.50. The van der Waals surface area contributed by atoms with Crippen LogP contribution in [0.1, 0.15) is 71.4 Å². The van der Waals surface area contributed by atoms with Crippen LogP contribution in [0.25, 0.3) is 0 Å². The smallest absolute Gasteiger partial charge is 0.422 e. The molecule has 9 nitrogen and oxygen atoms in total. The summed E-state index contributed by atoms with van der Waals surface area (Å²) < 4.78 is 78.6. The number of carbonyl (C=O) groups excluding carboxylic acids is 1. The summed E-state index contributed by atoms with van der Waals surface area (Å²) in [5.41, 5.74) is 2.55. The van der Waals surface area contributed by atoms with Crippen LogP contribution in [0, 0.1) is 5.92 Å². The Morgan fingerprint density at radius 1 is 1.20 bits per heavy atom. The van der Waals surface area contributed by atoms with E-state index in [4.69, 9.17) is 14.6 Å². The zero-order chi connectivity index (χ0) is 28.1. The first-order valence-corrected chi connectivity index (χ1v) is 15.4. The maximum absolute atomic E-state index is 13.6. The average molecular weight is 583 g/mol. The molecule has 6 rings (SSSR count). The second-order valence-electron chi connectivity index (χ2n) is 11.3. The number of fused-ring (bicyclic) bond motifs is 3. The standard InChI is InChI=1S/C27H33F3N4O5S/c28-27(29,30)16-39-19-3-4-21-18(13-19)5-9-26(21)14-22-24(25(35)32-26)23(34(33-22)10-6-17-1-2-17)15-31-40(36,37)20-7-11-38-12-8-20/h3-4,13,17,20,31H,1-2,5-12,14-16H2,(H,32,35)/t26-/m0/s1. The Hall–Kier alpha value is -2.64. The highest BCUT2D eigenvalue weighted by Crippen LogP contribution is 2.44. The minimum Gasteiger partial charge on any atom is -0.484 e. The zero-order valence-corrected chi connectivity index (χ0v) is 22.9. The molecule has 40 heavy (non-hydrogen) atoms. The molecule has 1 aromatic heterocycles. The van der Waals surface area contributed by atoms with Gasteiger partial charge < -0.3 is 14.8 Å². The second-order valence-corrected chi connectivity index (χ2v) is 13.4. The number of carbonyl (C=O) groups is 1. The molecule has 2 aromatic rings. The Morgan fingerprint density at radius 3 is 2.70 bits per heavy atom. The molecule has 0 unspecified atom stereocenters. The summed E-state index contributed by atoms with van der Waals surface area (Å²) in [6, 6.07) is 4.85. The van der Waals surface area contributed by atoms with E-state index in [0.29, 0.717) is 74.7 Å². The first-order chi connectivity index (χ1) is 19.0. The van der Waals surface area contributed by atoms with Crippen LogP contribution >= 0.6 is 0 Å². The Morgan fingerprint density at radius 2 is 1.98 bits per heavy atom. The number of halogens is 3. The van der Waals surface area contributed by atoms with Crippen molar-refractivity contribution >= 4 is 15.9 Å². The Kier molecular flexibility index (Phi) is 7.10. The molecule has 1 aromatic carbocycles. The van der Waals surface area contributed by atoms with E-state index in [9.17, 15) is 26.4 Å². The highest BCUT2D eigenvalue weighted by Gasteiger charge is 2.46. The van der Waals surface area contributed by atoms with Crippen molar-refractivity contribution in [2.45, 2.75) is 81.4 Å². The molecule has 218 valence electrons. The van der Waals surface area contributed by atoms with Crippen molar-refractivity contribution < 1.29 is 35.9 Å². The fourth-order valence-corrected chi connectivity index (χ4v) is 7.58. The van der Waals surface area contributed by atoms with Crippen molar-refractivity contribution in [1.82, 2.24) is 19.8 Å². The molecule has 2 aliphatic carbocycles. The quantitative estimate of drug-likeness (QED) is 0.469. The van der Waals surface area contributed by atoms with E-state index in [-0.39, 0.29) is 18.2 Å². The topological polar surface area (TPSA) is 112 Å². The monoisotopic (exact) mass is 582 g/mol. The third-order valence-electron chi connectivity index (χ3n) is 8.49. The SMILES string of the molecule is O=C1N[C@@]2(CCc3cc(OCC(F)(F)F)ccc32)Cc2nn(CCC3CC3)c(CNS(=O)(=O)C3CCOCC3)c21. The molecule has 13 heteroatoms. The largest absolute Gasteiger partial charge is 0.484 e. The summed E-state index contributed by atoms with van der Waals surface area (Å²) in [5, 5.41) is 7.47. The molecule has 0 radical (unpaired) electrons. The predicted molar refractivity (Wildman–Crippen MR) is 138 cm³/mol. The van der Waals surface area contributed by atoms with E-state index >= 15 is 0 Å². The van der Waals surface area contributed by atoms with E-state index < -0.39 is 33.6 Å². The summed E-state index contributed by atoms with van der Waals surface area (Å²) in [6.45, 7) is 0.0210. The van der Waals surface area contributed by atoms with Gasteiger partial charge in [0, 0.05) is 26.2 Å². The molecular weight excluding hydrogens is 549 g/mol. The van der Waals surface area contributed by atoms with Gasteiger partial charge in [-0.3, -0.25) is 9.48 Å². The number of rotatable bonds is 9. The van der Waals surface area contributed by atoms with Crippen molar-refractivity contribution in [2.75, 3.05) is 19.8 Å². The fraction of sp³-hybridized carbons (Fsp3) is 0.630. The number of aromatic nitrogens is 2. The van der Waals surface area contributed by atoms with Crippen molar-refractivity contribution in [3.63, 3.8) is 0 Å². The summed E-state index contributed by atoms with van der Waals surface area (Å²) in [7, 11) is -3.60. The predicted octanol–water partition coefficient (Wildman–Crippen LogP) is 3.35. The number of hydrogen-bond acceptors (Lipinski definition) is 6. The van der Waals surface area contributed by atoms with Gasteiger partial charge in [-0.15, -0.1) is 0 Å². The summed E-state index contributed by atoms with van der Waals surface area (Å²) >= 11 is 0. The highest BCUT2D eigenvalue weighted by molar-refractivity contribution is 7.90. The zero-order valence-electron chi connectivity index (χ0n) is 22.1. The van der Waals surface area contributed by atoms with Crippen molar-refractivity contribution in [3.8, 4) is 5.75 Å². The Balaban J connectivity index is 1.26. The number of nitrogens with one attached hydrogen (secondary N) is 2. The normalized spacial score (nSPS) is 23.2. The van der Waals surface area contributed by atoms with Crippen LogP contribution in [0.4, 0.5) is 13.2 Å². The van der Waals surface area contributed by atoms with E-state index in [0.717, 1.165) is 17.5 Å². The van der Waals surface area contributed by atoms with Gasteiger partial charge >= 0.3 is 6.18 Å². The molecule has 1 spiro atoms. The Bertz CT molecular complexity index is 1400. The van der Waals surface area contributed by atoms with Crippen molar-refractivity contribution in [3.05, 3.63) is 46.3 Å². The third-order valence-corrected chi connectivity index (χ3v) is 10.4. The van der Waals surface area contributed by atoms with Crippen LogP contribution in [-0.2, 0) is 46.2 Å². The van der Waals surface area contributed by atoms with Gasteiger partial charge in [-0.05, 0) is 61.3 Å². The molecule has 0 bridgehead atoms. The Labute approximate surface area is 230 Å². The van der Waals surface area contributed by atoms with Crippen molar-refractivity contribution in [2.24, 2.45) is 5.92 Å². The number of amides is 1. The molecule has 1 amide bonds. The van der Waals surface area contributed by atoms with Gasteiger partial charge in [0.1, 0.15) is 5.75 Å². The first-order valence-electron chi connectivity index (χ1n) is 13.8.